The fourth-order valence-corrected chi connectivity index (χ4v) is 5.04. The molecule has 2 amide bonds. The molecular weight excluding hydrogens is 474 g/mol. The number of aryl methyl sites for hydroxylation is 1. The van der Waals surface area contributed by atoms with Crippen molar-refractivity contribution in [3.05, 3.63) is 95.1 Å². The molecule has 6 heteroatoms. The summed E-state index contributed by atoms with van der Waals surface area (Å²) in [4.78, 5) is 28.6. The van der Waals surface area contributed by atoms with Crippen LogP contribution in [0.3, 0.4) is 0 Å². The van der Waals surface area contributed by atoms with Crippen LogP contribution in [0.1, 0.15) is 58.0 Å². The molecule has 3 aromatic rings. The first kappa shape index (κ1) is 27.4. The second-order valence-electron chi connectivity index (χ2n) is 9.93. The molecule has 0 aliphatic carbocycles. The summed E-state index contributed by atoms with van der Waals surface area (Å²) in [5.74, 6) is 0.327. The number of nitrogens with one attached hydrogen (secondary N) is 2. The van der Waals surface area contributed by atoms with Crippen LogP contribution in [0.25, 0.3) is 0 Å². The lowest BCUT2D eigenvalue weighted by Crippen LogP contribution is -2.36. The smallest absolute Gasteiger partial charge is 0.255 e. The van der Waals surface area contributed by atoms with E-state index in [1.54, 1.807) is 6.07 Å². The summed E-state index contributed by atoms with van der Waals surface area (Å²) in [5, 5.41) is 6.03. The number of carbonyl (C=O) groups is 2. The third-order valence-corrected chi connectivity index (χ3v) is 7.17. The Hall–Kier alpha value is -3.64. The summed E-state index contributed by atoms with van der Waals surface area (Å²) in [5.41, 5.74) is 5.03. The van der Waals surface area contributed by atoms with E-state index in [2.05, 4.69) is 45.9 Å². The van der Waals surface area contributed by atoms with Crippen LogP contribution in [0.15, 0.2) is 72.8 Å². The minimum absolute atomic E-state index is 0.130. The number of hydrogen-bond donors (Lipinski definition) is 2. The molecule has 1 aliphatic rings. The lowest BCUT2D eigenvalue weighted by atomic mass is 9.89. The van der Waals surface area contributed by atoms with Gasteiger partial charge in [-0.1, -0.05) is 48.5 Å². The third-order valence-electron chi connectivity index (χ3n) is 7.17. The van der Waals surface area contributed by atoms with E-state index in [0.717, 1.165) is 50.0 Å². The van der Waals surface area contributed by atoms with Gasteiger partial charge in [0.05, 0.1) is 5.56 Å². The molecule has 1 aliphatic heterocycles. The molecule has 0 unspecified atom stereocenters. The molecule has 2 N–H and O–H groups in total. The first-order valence-corrected chi connectivity index (χ1v) is 13.7. The van der Waals surface area contributed by atoms with E-state index in [4.69, 9.17) is 4.74 Å². The maximum atomic E-state index is 13.3. The zero-order chi connectivity index (χ0) is 26.7. The van der Waals surface area contributed by atoms with Gasteiger partial charge in [-0.15, -0.1) is 0 Å². The van der Waals surface area contributed by atoms with E-state index in [-0.39, 0.29) is 11.8 Å². The van der Waals surface area contributed by atoms with Crippen molar-refractivity contribution in [3.8, 4) is 0 Å². The lowest BCUT2D eigenvalue weighted by molar-refractivity contribution is 0.0943. The van der Waals surface area contributed by atoms with Gasteiger partial charge in [0.2, 0.25) is 0 Å². The molecule has 1 fully saturated rings. The molecule has 0 atom stereocenters. The molecule has 0 bridgehead atoms. The minimum Gasteiger partial charge on any atom is -0.382 e. The van der Waals surface area contributed by atoms with Crippen LogP contribution in [0, 0.1) is 12.8 Å². The van der Waals surface area contributed by atoms with Crippen LogP contribution < -0.4 is 15.5 Å². The molecule has 3 aromatic carbocycles. The van der Waals surface area contributed by atoms with Gasteiger partial charge in [-0.25, -0.2) is 0 Å². The number of benzene rings is 3. The van der Waals surface area contributed by atoms with Gasteiger partial charge in [-0.3, -0.25) is 9.59 Å². The van der Waals surface area contributed by atoms with Gasteiger partial charge in [-0.05, 0) is 80.8 Å². The number of nitrogens with zero attached hydrogens (tertiary/aromatic N) is 1. The van der Waals surface area contributed by atoms with E-state index in [0.29, 0.717) is 42.5 Å². The van der Waals surface area contributed by atoms with Crippen LogP contribution in [-0.2, 0) is 11.2 Å². The second-order valence-corrected chi connectivity index (χ2v) is 9.93. The highest BCUT2D eigenvalue weighted by atomic mass is 16.5. The average molecular weight is 514 g/mol. The zero-order valence-electron chi connectivity index (χ0n) is 22.5. The van der Waals surface area contributed by atoms with Crippen LogP contribution >= 0.6 is 0 Å². The van der Waals surface area contributed by atoms with Crippen molar-refractivity contribution in [1.29, 1.82) is 0 Å². The van der Waals surface area contributed by atoms with Gasteiger partial charge in [0.15, 0.2) is 0 Å². The van der Waals surface area contributed by atoms with Crippen LogP contribution in [0.4, 0.5) is 11.4 Å². The van der Waals surface area contributed by atoms with Gasteiger partial charge >= 0.3 is 0 Å². The summed E-state index contributed by atoms with van der Waals surface area (Å²) in [6.07, 6.45) is 4.00. The fourth-order valence-electron chi connectivity index (χ4n) is 5.04. The Morgan fingerprint density at radius 3 is 2.39 bits per heavy atom. The number of piperidine rings is 1. The normalized spacial score (nSPS) is 13.8. The Bertz CT molecular complexity index is 1200. The molecule has 0 aromatic heterocycles. The van der Waals surface area contributed by atoms with Gasteiger partial charge in [-0.2, -0.15) is 0 Å². The summed E-state index contributed by atoms with van der Waals surface area (Å²) >= 11 is 0. The largest absolute Gasteiger partial charge is 0.382 e. The van der Waals surface area contributed by atoms with E-state index >= 15 is 0 Å². The topological polar surface area (TPSA) is 70.7 Å². The fraction of sp³-hybridized carbons (Fsp3) is 0.375. The maximum Gasteiger partial charge on any atom is 0.255 e. The molecule has 4 rings (SSSR count). The van der Waals surface area contributed by atoms with E-state index < -0.39 is 0 Å². The lowest BCUT2D eigenvalue weighted by Gasteiger charge is -2.35. The SMILES string of the molecule is CCOCCCNC(=O)c1cc(NC(=O)c2ccccc2C)ccc1N1CCC(Cc2ccccc2)CC1. The predicted molar refractivity (Wildman–Crippen MR) is 154 cm³/mol. The van der Waals surface area contributed by atoms with E-state index in [1.807, 2.05) is 50.2 Å². The average Bonchev–Trinajstić information content (AvgIpc) is 2.94. The molecular formula is C32H39N3O3. The summed E-state index contributed by atoms with van der Waals surface area (Å²) < 4.78 is 5.40. The Morgan fingerprint density at radius 2 is 1.66 bits per heavy atom. The van der Waals surface area contributed by atoms with E-state index in [9.17, 15) is 9.59 Å². The van der Waals surface area contributed by atoms with Crippen LogP contribution in [-0.4, -0.2) is 44.7 Å². The van der Waals surface area contributed by atoms with Crippen molar-refractivity contribution in [1.82, 2.24) is 5.32 Å². The Balaban J connectivity index is 1.47. The van der Waals surface area contributed by atoms with Gasteiger partial charge in [0, 0.05) is 49.8 Å². The van der Waals surface area contributed by atoms with Gasteiger partial charge in [0.1, 0.15) is 0 Å². The highest BCUT2D eigenvalue weighted by Crippen LogP contribution is 2.30. The molecule has 38 heavy (non-hydrogen) atoms. The van der Waals surface area contributed by atoms with Crippen molar-refractivity contribution in [2.45, 2.75) is 39.5 Å². The second kappa shape index (κ2) is 13.8. The maximum absolute atomic E-state index is 13.3. The number of ether oxygens (including phenoxy) is 1. The van der Waals surface area contributed by atoms with Crippen LogP contribution in [0.5, 0.6) is 0 Å². The van der Waals surface area contributed by atoms with Crippen molar-refractivity contribution in [2.75, 3.05) is 43.1 Å². The summed E-state index contributed by atoms with van der Waals surface area (Å²) in [7, 11) is 0. The highest BCUT2D eigenvalue weighted by molar-refractivity contribution is 6.07. The number of hydrogen-bond acceptors (Lipinski definition) is 4. The third kappa shape index (κ3) is 7.45. The minimum atomic E-state index is -0.180. The van der Waals surface area contributed by atoms with Crippen molar-refractivity contribution in [2.24, 2.45) is 5.92 Å². The molecule has 0 radical (unpaired) electrons. The Labute approximate surface area is 226 Å². The molecule has 0 saturated carbocycles. The van der Waals surface area contributed by atoms with Crippen molar-refractivity contribution < 1.29 is 14.3 Å². The Kier molecular flexibility index (Phi) is 9.93. The monoisotopic (exact) mass is 513 g/mol. The standard InChI is InChI=1S/C32H39N3O3/c1-3-38-21-9-18-33-31(36)29-23-27(34-32(37)28-13-8-7-10-24(28)2)14-15-30(29)35-19-16-26(17-20-35)22-25-11-5-4-6-12-25/h4-8,10-15,23,26H,3,9,16-22H2,1-2H3,(H,33,36)(H,34,37). The van der Waals surface area contributed by atoms with Gasteiger partial charge < -0.3 is 20.3 Å². The zero-order valence-corrected chi connectivity index (χ0v) is 22.5. The van der Waals surface area contributed by atoms with Crippen LogP contribution in [0.2, 0.25) is 0 Å². The number of carbonyl (C=O) groups excluding carboxylic acids is 2. The molecule has 0 spiro atoms. The summed E-state index contributed by atoms with van der Waals surface area (Å²) in [6.45, 7) is 7.50. The molecule has 200 valence electrons. The molecule has 6 nitrogen and oxygen atoms in total. The first-order valence-electron chi connectivity index (χ1n) is 13.7. The first-order chi connectivity index (χ1) is 18.5. The number of anilines is 2. The van der Waals surface area contributed by atoms with Gasteiger partial charge in [0.25, 0.3) is 11.8 Å². The number of amides is 2. The number of rotatable bonds is 11. The van der Waals surface area contributed by atoms with Crippen molar-refractivity contribution >= 4 is 23.2 Å². The highest BCUT2D eigenvalue weighted by Gasteiger charge is 2.24. The van der Waals surface area contributed by atoms with E-state index in [1.165, 1.54) is 5.56 Å². The summed E-state index contributed by atoms with van der Waals surface area (Å²) in [6, 6.07) is 23.8. The van der Waals surface area contributed by atoms with Crippen molar-refractivity contribution in [3.63, 3.8) is 0 Å². The quantitative estimate of drug-likeness (QED) is 0.315. The predicted octanol–water partition coefficient (Wildman–Crippen LogP) is 5.86. The molecule has 1 heterocycles. The Morgan fingerprint density at radius 1 is 0.921 bits per heavy atom. The molecule has 1 saturated heterocycles.